The molecular weight excluding hydrogens is 785 g/mol. The maximum absolute atomic E-state index is 12.7. The predicted octanol–water partition coefficient (Wildman–Crippen LogP) is 8.30. The van der Waals surface area contributed by atoms with Gasteiger partial charge in [0.15, 0.2) is 6.29 Å². The van der Waals surface area contributed by atoms with Crippen LogP contribution in [0.2, 0.25) is 0 Å². The van der Waals surface area contributed by atoms with Gasteiger partial charge in [-0.3, -0.25) is 24.6 Å². The fourth-order valence-electron chi connectivity index (χ4n) is 8.06. The summed E-state index contributed by atoms with van der Waals surface area (Å²) in [6.45, 7) is 4.40. The minimum Gasteiger partial charge on any atom is -0.397 e. The van der Waals surface area contributed by atoms with Crippen molar-refractivity contribution in [3.63, 3.8) is 0 Å². The number of hydrogen-bond acceptors (Lipinski definition) is 10. The molecule has 0 bridgehead atoms. The number of nitrogens with two attached hydrogens (primary N) is 1. The summed E-state index contributed by atoms with van der Waals surface area (Å²) in [6.07, 6.45) is 3.84. The number of nitro groups is 1. The summed E-state index contributed by atoms with van der Waals surface area (Å²) in [7, 11) is 0. The summed E-state index contributed by atoms with van der Waals surface area (Å²) in [5, 5.41) is 26.7. The number of amides is 2. The molecule has 324 valence electrons. The molecule has 0 spiro atoms. The van der Waals surface area contributed by atoms with E-state index in [1.807, 2.05) is 72.8 Å². The number of non-ortho nitro benzene ring substituents is 1. The second kappa shape index (κ2) is 21.6. The number of aliphatic hydroxyl groups excluding tert-OH is 1. The number of anilines is 3. The minimum atomic E-state index is -0.606. The normalized spacial score (nSPS) is 18.0. The lowest BCUT2D eigenvalue weighted by Gasteiger charge is -2.41. The molecule has 5 aromatic carbocycles. The fourth-order valence-corrected chi connectivity index (χ4v) is 8.06. The van der Waals surface area contributed by atoms with Crippen LogP contribution in [0.1, 0.15) is 79.6 Å². The molecule has 2 fully saturated rings. The third-order valence-corrected chi connectivity index (χ3v) is 11.6. The molecule has 5 N–H and O–H groups in total. The Bertz CT molecular complexity index is 2260. The van der Waals surface area contributed by atoms with E-state index in [0.717, 1.165) is 97.5 Å². The maximum Gasteiger partial charge on any atom is 0.269 e. The zero-order valence-electron chi connectivity index (χ0n) is 35.0. The molecule has 2 aliphatic rings. The number of nitro benzene ring substituents is 1. The van der Waals surface area contributed by atoms with Gasteiger partial charge in [-0.05, 0) is 77.1 Å². The second-order valence-electron chi connectivity index (χ2n) is 16.1. The van der Waals surface area contributed by atoms with Crippen molar-refractivity contribution in [2.45, 2.75) is 76.6 Å². The van der Waals surface area contributed by atoms with Crippen LogP contribution in [0.5, 0.6) is 0 Å². The number of para-hydroxylation sites is 2. The summed E-state index contributed by atoms with van der Waals surface area (Å²) in [6, 6.07) is 38.3. The summed E-state index contributed by atoms with van der Waals surface area (Å²) in [5.41, 5.74) is 14.0. The van der Waals surface area contributed by atoms with Crippen LogP contribution in [0, 0.1) is 10.1 Å². The van der Waals surface area contributed by atoms with Crippen molar-refractivity contribution in [3.05, 3.63) is 154 Å². The van der Waals surface area contributed by atoms with Crippen molar-refractivity contribution in [2.75, 3.05) is 48.7 Å². The highest BCUT2D eigenvalue weighted by atomic mass is 16.7. The molecule has 13 nitrogen and oxygen atoms in total. The lowest BCUT2D eigenvalue weighted by atomic mass is 9.98. The van der Waals surface area contributed by atoms with Gasteiger partial charge in [0.2, 0.25) is 11.8 Å². The van der Waals surface area contributed by atoms with Gasteiger partial charge in [-0.2, -0.15) is 0 Å². The SMILES string of the molecule is Nc1ccccc1NC(=O)CCCCCCC(=O)NCc1cccc(-c2cccc(C3OC(CN4CCN(c5ccc([N+](=O)[O-])cc5)CC4)CC(c4ccc(CO)cc4)O3)c2)c1. The molecule has 0 aliphatic carbocycles. The lowest BCUT2D eigenvalue weighted by molar-refractivity contribution is -0.384. The first-order chi connectivity index (χ1) is 30.2. The van der Waals surface area contributed by atoms with Crippen LogP contribution in [0.15, 0.2) is 121 Å². The molecule has 13 heteroatoms. The average Bonchev–Trinajstić information content (AvgIpc) is 3.30. The first-order valence-corrected chi connectivity index (χ1v) is 21.5. The number of rotatable bonds is 18. The molecule has 62 heavy (non-hydrogen) atoms. The van der Waals surface area contributed by atoms with Gasteiger partial charge in [0, 0.05) is 81.9 Å². The first kappa shape index (κ1) is 44.0. The number of nitrogens with zero attached hydrogens (tertiary/aromatic N) is 3. The van der Waals surface area contributed by atoms with E-state index >= 15 is 0 Å². The van der Waals surface area contributed by atoms with Gasteiger partial charge in [0.05, 0.1) is 35.1 Å². The van der Waals surface area contributed by atoms with Crippen LogP contribution in [0.3, 0.4) is 0 Å². The van der Waals surface area contributed by atoms with Crippen LogP contribution in [-0.4, -0.2) is 65.6 Å². The number of unbranched alkanes of at least 4 members (excludes halogenated alkanes) is 3. The Balaban J connectivity index is 0.918. The van der Waals surface area contributed by atoms with Crippen molar-refractivity contribution in [2.24, 2.45) is 0 Å². The first-order valence-electron chi connectivity index (χ1n) is 21.5. The van der Waals surface area contributed by atoms with E-state index in [-0.39, 0.29) is 41.2 Å². The Labute approximate surface area is 363 Å². The predicted molar refractivity (Wildman–Crippen MR) is 241 cm³/mol. The van der Waals surface area contributed by atoms with Crippen molar-refractivity contribution in [3.8, 4) is 11.1 Å². The van der Waals surface area contributed by atoms with Gasteiger partial charge in [-0.25, -0.2) is 0 Å². The molecule has 5 aromatic rings. The smallest absolute Gasteiger partial charge is 0.269 e. The largest absolute Gasteiger partial charge is 0.397 e. The molecular formula is C49H56N6O7. The van der Waals surface area contributed by atoms with E-state index in [1.165, 1.54) is 0 Å². The summed E-state index contributed by atoms with van der Waals surface area (Å²) < 4.78 is 13.4. The molecule has 3 atom stereocenters. The molecule has 2 amide bonds. The van der Waals surface area contributed by atoms with E-state index in [0.29, 0.717) is 37.2 Å². The number of carbonyl (C=O) groups is 2. The Morgan fingerprint density at radius 1 is 0.742 bits per heavy atom. The highest BCUT2D eigenvalue weighted by Crippen LogP contribution is 2.39. The lowest BCUT2D eigenvalue weighted by Crippen LogP contribution is -2.49. The van der Waals surface area contributed by atoms with Crippen molar-refractivity contribution >= 4 is 34.6 Å². The summed E-state index contributed by atoms with van der Waals surface area (Å²) >= 11 is 0. The Kier molecular flexibility index (Phi) is 15.3. The van der Waals surface area contributed by atoms with E-state index in [9.17, 15) is 24.8 Å². The molecule has 2 aliphatic heterocycles. The molecule has 3 unspecified atom stereocenters. The van der Waals surface area contributed by atoms with Crippen LogP contribution in [-0.2, 0) is 32.2 Å². The highest BCUT2D eigenvalue weighted by Gasteiger charge is 2.34. The average molecular weight is 841 g/mol. The summed E-state index contributed by atoms with van der Waals surface area (Å²) in [4.78, 5) is 40.4. The van der Waals surface area contributed by atoms with Gasteiger partial charge < -0.3 is 35.8 Å². The van der Waals surface area contributed by atoms with Crippen LogP contribution in [0.4, 0.5) is 22.7 Å². The van der Waals surface area contributed by atoms with Gasteiger partial charge in [0.25, 0.3) is 5.69 Å². The third-order valence-electron chi connectivity index (χ3n) is 11.6. The molecule has 0 aromatic heterocycles. The van der Waals surface area contributed by atoms with E-state index in [4.69, 9.17) is 15.2 Å². The van der Waals surface area contributed by atoms with Gasteiger partial charge in [-0.1, -0.05) is 85.6 Å². The van der Waals surface area contributed by atoms with Gasteiger partial charge in [0.1, 0.15) is 0 Å². The van der Waals surface area contributed by atoms with Crippen LogP contribution >= 0.6 is 0 Å². The number of piperazine rings is 1. The molecule has 2 saturated heterocycles. The summed E-state index contributed by atoms with van der Waals surface area (Å²) in [5.74, 6) is -0.0566. The quantitative estimate of drug-likeness (QED) is 0.0291. The number of aliphatic hydroxyl groups is 1. The zero-order chi connectivity index (χ0) is 43.3. The monoisotopic (exact) mass is 840 g/mol. The van der Waals surface area contributed by atoms with E-state index in [2.05, 4.69) is 44.7 Å². The number of nitrogens with one attached hydrogen (secondary N) is 2. The van der Waals surface area contributed by atoms with Gasteiger partial charge in [-0.15, -0.1) is 0 Å². The van der Waals surface area contributed by atoms with Crippen molar-refractivity contribution < 1.29 is 29.1 Å². The minimum absolute atomic E-state index is 0.00257. The standard InChI is InChI=1S/C49H56N6O7/c50-44-13-5-6-14-45(44)52-48(58)16-4-2-1-3-15-47(57)51-32-36-9-7-10-38(29-36)39-11-8-12-40(30-39)49-61-43(31-46(62-49)37-19-17-35(34-56)18-20-37)33-53-25-27-54(28-26-53)41-21-23-42(24-22-41)55(59)60/h5-14,17-24,29-30,43,46,49,56H,1-4,15-16,25-28,31-34,50H2,(H,51,57)(H,52,58). The second-order valence-corrected chi connectivity index (χ2v) is 16.1. The van der Waals surface area contributed by atoms with Crippen LogP contribution in [0.25, 0.3) is 11.1 Å². The number of carbonyl (C=O) groups excluding carboxylic acids is 2. The Hall–Kier alpha value is -6.12. The molecule has 2 heterocycles. The van der Waals surface area contributed by atoms with E-state index in [1.54, 1.807) is 24.3 Å². The van der Waals surface area contributed by atoms with Crippen molar-refractivity contribution in [1.29, 1.82) is 0 Å². The number of nitrogen functional groups attached to an aromatic ring is 1. The highest BCUT2D eigenvalue weighted by molar-refractivity contribution is 5.93. The Morgan fingerprint density at radius 2 is 1.44 bits per heavy atom. The van der Waals surface area contributed by atoms with Gasteiger partial charge >= 0.3 is 0 Å². The van der Waals surface area contributed by atoms with E-state index < -0.39 is 6.29 Å². The van der Waals surface area contributed by atoms with Crippen LogP contribution < -0.4 is 21.3 Å². The Morgan fingerprint density at radius 3 is 2.15 bits per heavy atom. The fraction of sp³-hybridized carbons (Fsp3) is 0.347. The maximum atomic E-state index is 12.7. The number of ether oxygens (including phenoxy) is 2. The molecule has 7 rings (SSSR count). The zero-order valence-corrected chi connectivity index (χ0v) is 35.0. The molecule has 0 radical (unpaired) electrons. The number of hydrogen-bond donors (Lipinski definition) is 4. The third kappa shape index (κ3) is 12.3. The number of benzene rings is 5. The van der Waals surface area contributed by atoms with Crippen molar-refractivity contribution in [1.82, 2.24) is 10.2 Å². The molecule has 0 saturated carbocycles. The topological polar surface area (TPSA) is 173 Å².